The molecule has 2 aromatic rings. The third-order valence-corrected chi connectivity index (χ3v) is 6.67. The van der Waals surface area contributed by atoms with Gasteiger partial charge in [-0.1, -0.05) is 6.92 Å². The van der Waals surface area contributed by atoms with E-state index in [1.165, 1.54) is 11.3 Å². The number of nitrogens with two attached hydrogens (primary N) is 2. The number of hydrogen-bond donors (Lipinski definition) is 4. The lowest BCUT2D eigenvalue weighted by atomic mass is 9.73. The number of rotatable bonds is 8. The highest BCUT2D eigenvalue weighted by Crippen LogP contribution is 2.42. The van der Waals surface area contributed by atoms with Gasteiger partial charge >= 0.3 is 0 Å². The third-order valence-electron chi connectivity index (χ3n) is 5.64. The molecule has 158 valence electrons. The second-order valence-corrected chi connectivity index (χ2v) is 8.87. The van der Waals surface area contributed by atoms with Gasteiger partial charge < -0.3 is 22.1 Å². The summed E-state index contributed by atoms with van der Waals surface area (Å²) >= 11 is 1.36. The maximum Gasteiger partial charge on any atom is 0.261 e. The maximum atomic E-state index is 12.3. The van der Waals surface area contributed by atoms with E-state index in [4.69, 9.17) is 11.5 Å². The van der Waals surface area contributed by atoms with Crippen molar-refractivity contribution in [1.29, 1.82) is 0 Å². The minimum atomic E-state index is -0.285. The molecule has 9 heteroatoms. The number of carbonyl (C=O) groups excluding carboxylic acids is 2. The number of thiophene rings is 1. The Labute approximate surface area is 174 Å². The number of nitrogen functional groups attached to an aromatic ring is 1. The first kappa shape index (κ1) is 21.4. The van der Waals surface area contributed by atoms with Crippen LogP contribution in [0.25, 0.3) is 10.2 Å². The minimum Gasteiger partial charge on any atom is -0.370 e. The number of aromatic nitrogens is 2. The van der Waals surface area contributed by atoms with Gasteiger partial charge in [-0.3, -0.25) is 9.59 Å². The van der Waals surface area contributed by atoms with E-state index in [-0.39, 0.29) is 23.7 Å². The fraction of sp³-hybridized carbons (Fsp3) is 0.600. The Kier molecular flexibility index (Phi) is 7.02. The van der Waals surface area contributed by atoms with Crippen LogP contribution in [0.3, 0.4) is 0 Å². The number of fused-ring (bicyclic) bond motifs is 1. The van der Waals surface area contributed by atoms with E-state index < -0.39 is 0 Å². The van der Waals surface area contributed by atoms with E-state index in [2.05, 4.69) is 27.5 Å². The Hall–Kier alpha value is -2.26. The lowest BCUT2D eigenvalue weighted by molar-refractivity contribution is -0.117. The Bertz CT molecular complexity index is 883. The molecule has 1 fully saturated rings. The molecule has 2 amide bonds. The van der Waals surface area contributed by atoms with Crippen LogP contribution in [-0.2, 0) is 4.79 Å². The first-order valence-corrected chi connectivity index (χ1v) is 11.0. The Morgan fingerprint density at radius 3 is 2.83 bits per heavy atom. The van der Waals surface area contributed by atoms with Gasteiger partial charge in [0.1, 0.15) is 4.83 Å². The summed E-state index contributed by atoms with van der Waals surface area (Å²) in [4.78, 5) is 33.6. The topological polar surface area (TPSA) is 136 Å². The molecule has 0 aliphatic heterocycles. The molecule has 6 N–H and O–H groups in total. The predicted molar refractivity (Wildman–Crippen MR) is 116 cm³/mol. The van der Waals surface area contributed by atoms with E-state index in [1.54, 1.807) is 0 Å². The van der Waals surface area contributed by atoms with E-state index in [1.807, 2.05) is 13.0 Å². The lowest BCUT2D eigenvalue weighted by Crippen LogP contribution is -2.31. The van der Waals surface area contributed by atoms with Crippen molar-refractivity contribution in [2.75, 3.05) is 25.4 Å². The molecule has 29 heavy (non-hydrogen) atoms. The lowest BCUT2D eigenvalue weighted by Gasteiger charge is -2.34. The zero-order valence-corrected chi connectivity index (χ0v) is 17.8. The van der Waals surface area contributed by atoms with Crippen LogP contribution in [0.4, 0.5) is 5.95 Å². The molecule has 3 atom stereocenters. The normalized spacial score (nSPS) is 21.9. The second kappa shape index (κ2) is 9.49. The van der Waals surface area contributed by atoms with Crippen LogP contribution in [0.2, 0.25) is 0 Å². The van der Waals surface area contributed by atoms with Gasteiger partial charge in [-0.25, -0.2) is 9.97 Å². The largest absolute Gasteiger partial charge is 0.370 e. The molecular weight excluding hydrogens is 388 g/mol. The Morgan fingerprint density at radius 2 is 2.10 bits per heavy atom. The number of carbonyl (C=O) groups is 2. The summed E-state index contributed by atoms with van der Waals surface area (Å²) < 4.78 is 0. The second-order valence-electron chi connectivity index (χ2n) is 7.84. The molecule has 3 rings (SSSR count). The summed E-state index contributed by atoms with van der Waals surface area (Å²) in [5, 5.41) is 7.12. The highest BCUT2D eigenvalue weighted by molar-refractivity contribution is 7.20. The fourth-order valence-corrected chi connectivity index (χ4v) is 5.06. The van der Waals surface area contributed by atoms with Crippen molar-refractivity contribution >= 4 is 39.3 Å². The van der Waals surface area contributed by atoms with Gasteiger partial charge in [0.25, 0.3) is 5.91 Å². The number of anilines is 1. The summed E-state index contributed by atoms with van der Waals surface area (Å²) in [6.07, 6.45) is 3.58. The van der Waals surface area contributed by atoms with Crippen LogP contribution in [0.5, 0.6) is 0 Å². The van der Waals surface area contributed by atoms with Crippen LogP contribution in [0.1, 0.15) is 60.8 Å². The van der Waals surface area contributed by atoms with Crippen molar-refractivity contribution < 1.29 is 9.59 Å². The molecule has 0 aromatic carbocycles. The molecule has 0 spiro atoms. The van der Waals surface area contributed by atoms with Crippen LogP contribution in [0, 0.1) is 11.8 Å². The Balaban J connectivity index is 1.81. The SMILES string of the molecule is CCNC(=O)c1cc2c([C@@H]3CC(CNCCC(N)=O)CCC3C)nc(N)nc2s1. The zero-order chi connectivity index (χ0) is 21.0. The number of nitrogens with one attached hydrogen (secondary N) is 2. The van der Waals surface area contributed by atoms with Crippen LogP contribution >= 0.6 is 11.3 Å². The van der Waals surface area contributed by atoms with Gasteiger partial charge in [-0.2, -0.15) is 0 Å². The average molecular weight is 419 g/mol. The zero-order valence-electron chi connectivity index (χ0n) is 17.0. The van der Waals surface area contributed by atoms with Gasteiger partial charge in [-0.05, 0) is 50.6 Å². The molecule has 8 nitrogen and oxygen atoms in total. The number of nitrogens with zero attached hydrogens (tertiary/aromatic N) is 2. The first-order valence-electron chi connectivity index (χ1n) is 10.2. The molecular formula is C20H30N6O2S. The summed E-state index contributed by atoms with van der Waals surface area (Å²) in [5.74, 6) is 1.11. The van der Waals surface area contributed by atoms with Crippen molar-refractivity contribution in [3.8, 4) is 0 Å². The highest BCUT2D eigenvalue weighted by Gasteiger charge is 2.32. The van der Waals surface area contributed by atoms with Crippen molar-refractivity contribution in [2.45, 2.75) is 45.4 Å². The standard InChI is InChI=1S/C20H30N6O2S/c1-3-24-18(28)15-9-14-17(25-20(22)26-19(14)29-15)13-8-12(5-4-11(13)2)10-23-7-6-16(21)27/h9,11-13,23H,3-8,10H2,1-2H3,(H2,21,27)(H,24,28)(H2,22,25,26)/t11?,12?,13-/m1/s1. The van der Waals surface area contributed by atoms with Crippen LogP contribution in [-0.4, -0.2) is 41.4 Å². The summed E-state index contributed by atoms with van der Waals surface area (Å²) in [7, 11) is 0. The average Bonchev–Trinajstić information content (AvgIpc) is 3.10. The maximum absolute atomic E-state index is 12.3. The van der Waals surface area contributed by atoms with Crippen LogP contribution in [0.15, 0.2) is 6.07 Å². The van der Waals surface area contributed by atoms with E-state index in [9.17, 15) is 9.59 Å². The summed E-state index contributed by atoms with van der Waals surface area (Å²) in [6, 6.07) is 1.90. The Morgan fingerprint density at radius 1 is 1.31 bits per heavy atom. The monoisotopic (exact) mass is 418 g/mol. The fourth-order valence-electron chi connectivity index (χ4n) is 4.10. The smallest absolute Gasteiger partial charge is 0.261 e. The molecule has 1 aliphatic rings. The van der Waals surface area contributed by atoms with Gasteiger partial charge in [0.05, 0.1) is 10.6 Å². The van der Waals surface area contributed by atoms with Crippen molar-refractivity contribution in [3.05, 3.63) is 16.6 Å². The van der Waals surface area contributed by atoms with Crippen molar-refractivity contribution in [2.24, 2.45) is 17.6 Å². The molecule has 2 heterocycles. The third kappa shape index (κ3) is 5.22. The molecule has 0 bridgehead atoms. The molecule has 2 aromatic heterocycles. The quantitative estimate of drug-likeness (QED) is 0.484. The van der Waals surface area contributed by atoms with E-state index in [0.29, 0.717) is 36.2 Å². The van der Waals surface area contributed by atoms with Gasteiger partial charge in [-0.15, -0.1) is 11.3 Å². The first-order chi connectivity index (χ1) is 13.9. The molecule has 0 radical (unpaired) electrons. The molecule has 1 aliphatic carbocycles. The number of primary amides is 1. The van der Waals surface area contributed by atoms with Crippen LogP contribution < -0.4 is 22.1 Å². The van der Waals surface area contributed by atoms with Gasteiger partial charge in [0, 0.05) is 30.8 Å². The van der Waals surface area contributed by atoms with Crippen molar-refractivity contribution in [3.63, 3.8) is 0 Å². The number of hydrogen-bond acceptors (Lipinski definition) is 7. The highest BCUT2D eigenvalue weighted by atomic mass is 32.1. The summed E-state index contributed by atoms with van der Waals surface area (Å²) in [5.41, 5.74) is 12.2. The van der Waals surface area contributed by atoms with Gasteiger partial charge in [0.15, 0.2) is 0 Å². The predicted octanol–water partition coefficient (Wildman–Crippen LogP) is 2.01. The van der Waals surface area contributed by atoms with Gasteiger partial charge in [0.2, 0.25) is 11.9 Å². The minimum absolute atomic E-state index is 0.0896. The molecule has 0 saturated heterocycles. The molecule has 1 saturated carbocycles. The molecule has 2 unspecified atom stereocenters. The summed E-state index contributed by atoms with van der Waals surface area (Å²) in [6.45, 7) is 6.20. The number of amides is 2. The van der Waals surface area contributed by atoms with E-state index in [0.717, 1.165) is 41.7 Å². The van der Waals surface area contributed by atoms with E-state index >= 15 is 0 Å². The van der Waals surface area contributed by atoms with Crippen molar-refractivity contribution in [1.82, 2.24) is 20.6 Å².